The van der Waals surface area contributed by atoms with Crippen LogP contribution in [0.2, 0.25) is 0 Å². The summed E-state index contributed by atoms with van der Waals surface area (Å²) in [6.07, 6.45) is 0. The van der Waals surface area contributed by atoms with E-state index in [-0.39, 0.29) is 0 Å². The summed E-state index contributed by atoms with van der Waals surface area (Å²) >= 11 is 5.71. The van der Waals surface area contributed by atoms with Crippen LogP contribution in [0.25, 0.3) is 10.9 Å². The van der Waals surface area contributed by atoms with Crippen molar-refractivity contribution in [1.82, 2.24) is 9.78 Å². The van der Waals surface area contributed by atoms with Gasteiger partial charge in [0.25, 0.3) is 0 Å². The van der Waals surface area contributed by atoms with Crippen LogP contribution in [0, 0.1) is 3.70 Å². The van der Waals surface area contributed by atoms with E-state index in [9.17, 15) is 0 Å². The van der Waals surface area contributed by atoms with E-state index >= 15 is 0 Å². The molecule has 1 aromatic heterocycles. The molecule has 0 radical (unpaired) electrons. The monoisotopic (exact) mass is 336 g/mol. The van der Waals surface area contributed by atoms with Crippen molar-refractivity contribution in [1.29, 1.82) is 0 Å². The highest BCUT2D eigenvalue weighted by Gasteiger charge is 2.04. The first-order valence-electron chi connectivity index (χ1n) is 3.46. The zero-order valence-electron chi connectivity index (χ0n) is 6.38. The largest absolute Gasteiger partial charge is 0.261 e. The normalized spacial score (nSPS) is 10.9. The van der Waals surface area contributed by atoms with E-state index in [0.717, 1.165) is 9.99 Å². The van der Waals surface area contributed by atoms with Crippen molar-refractivity contribution in [3.8, 4) is 0 Å². The van der Waals surface area contributed by atoms with E-state index < -0.39 is 0 Å². The number of hydrogen-bond acceptors (Lipinski definition) is 1. The van der Waals surface area contributed by atoms with Gasteiger partial charge in [0.1, 0.15) is 3.70 Å². The smallest absolute Gasteiger partial charge is 0.106 e. The summed E-state index contributed by atoms with van der Waals surface area (Å²) in [5.41, 5.74) is 1.04. The van der Waals surface area contributed by atoms with Crippen LogP contribution < -0.4 is 0 Å². The fraction of sp³-hybridized carbons (Fsp3) is 0.125. The Morgan fingerprint density at radius 2 is 2.25 bits per heavy atom. The van der Waals surface area contributed by atoms with Gasteiger partial charge in [0.15, 0.2) is 0 Å². The second-order valence-electron chi connectivity index (χ2n) is 2.58. The molecule has 1 aromatic carbocycles. The Bertz CT molecular complexity index is 436. The molecule has 0 saturated carbocycles. The molecule has 1 heterocycles. The predicted molar refractivity (Wildman–Crippen MR) is 61.1 cm³/mol. The summed E-state index contributed by atoms with van der Waals surface area (Å²) in [6.45, 7) is 0. The van der Waals surface area contributed by atoms with E-state index in [1.54, 1.807) is 0 Å². The maximum atomic E-state index is 4.35. The zero-order valence-corrected chi connectivity index (χ0v) is 10.1. The van der Waals surface area contributed by atoms with Gasteiger partial charge in [0, 0.05) is 16.9 Å². The summed E-state index contributed by atoms with van der Waals surface area (Å²) in [5.74, 6) is 0. The number of fused-ring (bicyclic) bond motifs is 1. The summed E-state index contributed by atoms with van der Waals surface area (Å²) < 4.78 is 4.14. The number of nitrogens with zero attached hydrogens (tertiary/aromatic N) is 2. The maximum absolute atomic E-state index is 4.35. The van der Waals surface area contributed by atoms with E-state index in [4.69, 9.17) is 0 Å². The van der Waals surface area contributed by atoms with Crippen LogP contribution in [0.4, 0.5) is 0 Å². The van der Waals surface area contributed by atoms with Gasteiger partial charge in [-0.1, -0.05) is 15.9 Å². The number of hydrogen-bond donors (Lipinski definition) is 0. The molecule has 2 rings (SSSR count). The second kappa shape index (κ2) is 2.99. The third kappa shape index (κ3) is 1.26. The van der Waals surface area contributed by atoms with E-state index in [0.29, 0.717) is 0 Å². The molecule has 62 valence electrons. The molecule has 0 aliphatic carbocycles. The molecule has 0 fully saturated rings. The fourth-order valence-electron chi connectivity index (χ4n) is 1.14. The lowest BCUT2D eigenvalue weighted by Crippen LogP contribution is -1.91. The molecule has 0 spiro atoms. The quantitative estimate of drug-likeness (QED) is 0.676. The van der Waals surface area contributed by atoms with Crippen LogP contribution in [0.15, 0.2) is 22.7 Å². The first-order chi connectivity index (χ1) is 5.68. The van der Waals surface area contributed by atoms with E-state index in [1.807, 2.05) is 23.9 Å². The molecule has 4 heteroatoms. The fourth-order valence-corrected chi connectivity index (χ4v) is 2.05. The van der Waals surface area contributed by atoms with Crippen LogP contribution in [-0.4, -0.2) is 9.78 Å². The molecule has 0 amide bonds. The molecule has 0 N–H and O–H groups in total. The lowest BCUT2D eigenvalue weighted by molar-refractivity contribution is 0.759. The molecule has 12 heavy (non-hydrogen) atoms. The maximum Gasteiger partial charge on any atom is 0.106 e. The van der Waals surface area contributed by atoms with Crippen LogP contribution in [0.3, 0.4) is 0 Å². The number of rotatable bonds is 0. The molecule has 0 saturated heterocycles. The molecule has 0 aliphatic heterocycles. The third-order valence-corrected chi connectivity index (χ3v) is 3.50. The highest BCUT2D eigenvalue weighted by Crippen LogP contribution is 2.22. The number of aromatic nitrogens is 2. The first kappa shape index (κ1) is 8.50. The minimum Gasteiger partial charge on any atom is -0.261 e. The Balaban J connectivity index is 2.87. The Hall–Kier alpha value is -0.100. The first-order valence-corrected chi connectivity index (χ1v) is 5.33. The number of aryl methyl sites for hydroxylation is 1. The van der Waals surface area contributed by atoms with E-state index in [2.05, 4.69) is 49.7 Å². The average Bonchev–Trinajstić information content (AvgIpc) is 2.28. The highest BCUT2D eigenvalue weighted by atomic mass is 127. The van der Waals surface area contributed by atoms with Gasteiger partial charge in [0.05, 0.1) is 5.52 Å². The molecular weight excluding hydrogens is 331 g/mol. The average molecular weight is 337 g/mol. The van der Waals surface area contributed by atoms with Crippen molar-refractivity contribution in [2.75, 3.05) is 0 Å². The minimum absolute atomic E-state index is 1.04. The molecule has 0 aliphatic rings. The van der Waals surface area contributed by atoms with Crippen molar-refractivity contribution >= 4 is 49.4 Å². The van der Waals surface area contributed by atoms with Crippen LogP contribution in [0.1, 0.15) is 0 Å². The molecular formula is C8H6BrIN2. The second-order valence-corrected chi connectivity index (χ2v) is 4.51. The lowest BCUT2D eigenvalue weighted by atomic mass is 10.3. The third-order valence-electron chi connectivity index (χ3n) is 1.72. The molecule has 2 aromatic rings. The molecule has 2 nitrogen and oxygen atoms in total. The Morgan fingerprint density at radius 1 is 1.50 bits per heavy atom. The van der Waals surface area contributed by atoms with Crippen LogP contribution >= 0.6 is 38.5 Å². The molecule has 0 unspecified atom stereocenters. The Kier molecular flexibility index (Phi) is 2.12. The molecule has 0 bridgehead atoms. The topological polar surface area (TPSA) is 17.8 Å². The van der Waals surface area contributed by atoms with Gasteiger partial charge in [-0.15, -0.1) is 0 Å². The van der Waals surface area contributed by atoms with E-state index in [1.165, 1.54) is 9.09 Å². The predicted octanol–water partition coefficient (Wildman–Crippen LogP) is 2.94. The van der Waals surface area contributed by atoms with Gasteiger partial charge in [-0.25, -0.2) is 0 Å². The van der Waals surface area contributed by atoms with Crippen molar-refractivity contribution in [3.63, 3.8) is 0 Å². The van der Waals surface area contributed by atoms with Gasteiger partial charge in [-0.3, -0.25) is 4.68 Å². The van der Waals surface area contributed by atoms with Gasteiger partial charge in [-0.05, 0) is 40.8 Å². The number of benzene rings is 1. The minimum atomic E-state index is 1.04. The zero-order chi connectivity index (χ0) is 8.72. The summed E-state index contributed by atoms with van der Waals surface area (Å²) in [5, 5.41) is 5.56. The standard InChI is InChI=1S/C8H6BrIN2/c1-12-8(10)6-3-2-5(9)4-7(6)11-12/h2-4H,1H3. The SMILES string of the molecule is Cn1nc2cc(Br)ccc2c1I. The Morgan fingerprint density at radius 3 is 3.00 bits per heavy atom. The van der Waals surface area contributed by atoms with Crippen LogP contribution in [0.5, 0.6) is 0 Å². The lowest BCUT2D eigenvalue weighted by Gasteiger charge is -1.89. The van der Waals surface area contributed by atoms with Crippen molar-refractivity contribution < 1.29 is 0 Å². The van der Waals surface area contributed by atoms with Gasteiger partial charge >= 0.3 is 0 Å². The molecule has 0 atom stereocenters. The van der Waals surface area contributed by atoms with Crippen molar-refractivity contribution in [2.45, 2.75) is 0 Å². The highest BCUT2D eigenvalue weighted by molar-refractivity contribution is 14.1. The van der Waals surface area contributed by atoms with Crippen molar-refractivity contribution in [3.05, 3.63) is 26.4 Å². The van der Waals surface area contributed by atoms with Gasteiger partial charge in [-0.2, -0.15) is 5.10 Å². The van der Waals surface area contributed by atoms with Crippen molar-refractivity contribution in [2.24, 2.45) is 7.05 Å². The summed E-state index contributed by atoms with van der Waals surface area (Å²) in [4.78, 5) is 0. The summed E-state index contributed by atoms with van der Waals surface area (Å²) in [6, 6.07) is 6.14. The van der Waals surface area contributed by atoms with Gasteiger partial charge < -0.3 is 0 Å². The van der Waals surface area contributed by atoms with Crippen LogP contribution in [-0.2, 0) is 7.05 Å². The summed E-state index contributed by atoms with van der Waals surface area (Å²) in [7, 11) is 1.95. The Labute approximate surface area is 92.2 Å². The van der Waals surface area contributed by atoms with Gasteiger partial charge in [0.2, 0.25) is 0 Å². The number of halogens is 2.